The Kier molecular flexibility index (Phi) is 10.9. The molecule has 1 unspecified atom stereocenters. The van der Waals surface area contributed by atoms with E-state index in [0.29, 0.717) is 25.3 Å². The summed E-state index contributed by atoms with van der Waals surface area (Å²) in [6.45, 7) is 13.8. The molecule has 1 aromatic carbocycles. The summed E-state index contributed by atoms with van der Waals surface area (Å²) >= 11 is 0. The monoisotopic (exact) mass is 652 g/mol. The number of fused-ring (bicyclic) bond motifs is 1. The van der Waals surface area contributed by atoms with Crippen LogP contribution in [0, 0.1) is 40.4 Å². The van der Waals surface area contributed by atoms with E-state index in [1.807, 2.05) is 65.0 Å². The number of nitrogens with one attached hydrogen (secondary N) is 2. The molecule has 2 aliphatic carbocycles. The van der Waals surface area contributed by atoms with Gasteiger partial charge >= 0.3 is 12.0 Å². The molecule has 258 valence electrons. The fourth-order valence-electron chi connectivity index (χ4n) is 7.10. The number of primary amides is 1. The van der Waals surface area contributed by atoms with Crippen molar-refractivity contribution in [2.75, 3.05) is 6.54 Å². The van der Waals surface area contributed by atoms with Crippen molar-refractivity contribution in [2.24, 2.45) is 46.2 Å². The van der Waals surface area contributed by atoms with Crippen molar-refractivity contribution in [1.82, 2.24) is 15.5 Å². The Morgan fingerprint density at radius 1 is 1.04 bits per heavy atom. The predicted octanol–water partition coefficient (Wildman–Crippen LogP) is 3.77. The topological polar surface area (TPSA) is 165 Å². The third-order valence-electron chi connectivity index (χ3n) is 10.6. The molecule has 1 aliphatic heterocycles. The molecule has 47 heavy (non-hydrogen) atoms. The zero-order valence-electron chi connectivity index (χ0n) is 28.8. The van der Waals surface area contributed by atoms with Gasteiger partial charge in [-0.2, -0.15) is 0 Å². The minimum absolute atomic E-state index is 0.0641. The molecule has 4 rings (SSSR count). The molecule has 11 nitrogen and oxygen atoms in total. The van der Waals surface area contributed by atoms with Crippen LogP contribution >= 0.6 is 0 Å². The molecule has 1 heterocycles. The van der Waals surface area contributed by atoms with Gasteiger partial charge in [-0.25, -0.2) is 9.59 Å². The van der Waals surface area contributed by atoms with E-state index in [2.05, 4.69) is 24.5 Å². The molecule has 3 fully saturated rings. The Morgan fingerprint density at radius 3 is 2.23 bits per heavy atom. The minimum Gasteiger partial charge on any atom is -0.459 e. The Labute approximate surface area is 278 Å². The third kappa shape index (κ3) is 8.40. The highest BCUT2D eigenvalue weighted by molar-refractivity contribution is 6.36. The molecule has 0 radical (unpaired) electrons. The van der Waals surface area contributed by atoms with Crippen molar-refractivity contribution in [3.63, 3.8) is 0 Å². The van der Waals surface area contributed by atoms with Crippen molar-refractivity contribution in [3.05, 3.63) is 35.9 Å². The number of Topliss-reactive ketones (excluding diaryl/α,β-unsaturated/α-hetero) is 2. The number of benzene rings is 1. The number of hydrogen-bond acceptors (Lipinski definition) is 7. The van der Waals surface area contributed by atoms with Crippen LogP contribution in [0.15, 0.2) is 30.3 Å². The summed E-state index contributed by atoms with van der Waals surface area (Å²) in [5.41, 5.74) is 5.24. The van der Waals surface area contributed by atoms with Gasteiger partial charge in [-0.3, -0.25) is 19.2 Å². The number of esters is 1. The van der Waals surface area contributed by atoms with E-state index < -0.39 is 59.1 Å². The number of likely N-dealkylation sites (tertiary alicyclic amines) is 1. The standard InChI is InChI=1S/C36H52N4O7/c1-8-20(2)27(33(45)47-19-22-12-10-9-11-13-22)38-34(46)39-30(35(3,4)5)32(44)40-18-24-26(36(24,6)7)28(40)25(41)17-23(16-21-14-15-21)29(42)31(37)43/h9-13,20-21,23-24,26-28,30H,8,14-19H2,1-7H3,(H2,37,43)(H2,38,39,46)/t20-,23?,24-,26-,27-,28+,30+/m0/s1. The summed E-state index contributed by atoms with van der Waals surface area (Å²) < 4.78 is 5.54. The number of nitrogens with two attached hydrogens (primary N) is 1. The van der Waals surface area contributed by atoms with Gasteiger partial charge in [0.15, 0.2) is 5.78 Å². The van der Waals surface area contributed by atoms with Gasteiger partial charge in [-0.05, 0) is 46.5 Å². The van der Waals surface area contributed by atoms with E-state index in [1.54, 1.807) is 4.90 Å². The van der Waals surface area contributed by atoms with Crippen molar-refractivity contribution in [3.8, 4) is 0 Å². The Hall–Kier alpha value is -3.76. The van der Waals surface area contributed by atoms with Crippen LogP contribution in [0.4, 0.5) is 4.79 Å². The summed E-state index contributed by atoms with van der Waals surface area (Å²) in [5, 5.41) is 5.56. The molecule has 2 saturated carbocycles. The average molecular weight is 653 g/mol. The molecule has 0 spiro atoms. The molecule has 11 heteroatoms. The van der Waals surface area contributed by atoms with E-state index in [9.17, 15) is 28.8 Å². The Balaban J connectivity index is 1.49. The first-order chi connectivity index (χ1) is 22.0. The maximum absolute atomic E-state index is 14.3. The number of hydrogen-bond donors (Lipinski definition) is 3. The maximum atomic E-state index is 14.3. The van der Waals surface area contributed by atoms with Gasteiger partial charge in [-0.1, -0.05) is 98.1 Å². The van der Waals surface area contributed by atoms with Crippen LogP contribution in [0.25, 0.3) is 0 Å². The molecular weight excluding hydrogens is 600 g/mol. The first-order valence-electron chi connectivity index (χ1n) is 16.9. The molecule has 7 atom stereocenters. The lowest BCUT2D eigenvalue weighted by Gasteiger charge is -2.38. The van der Waals surface area contributed by atoms with Gasteiger partial charge in [0.1, 0.15) is 18.7 Å². The van der Waals surface area contributed by atoms with Gasteiger partial charge in [0, 0.05) is 18.9 Å². The zero-order chi connectivity index (χ0) is 34.8. The molecule has 1 saturated heterocycles. The quantitative estimate of drug-likeness (QED) is 0.192. The first-order valence-corrected chi connectivity index (χ1v) is 16.9. The number of urea groups is 1. The molecule has 3 aliphatic rings. The lowest BCUT2D eigenvalue weighted by Crippen LogP contribution is -2.61. The van der Waals surface area contributed by atoms with Crippen LogP contribution in [0.3, 0.4) is 0 Å². The molecule has 1 aromatic rings. The van der Waals surface area contributed by atoms with Crippen molar-refractivity contribution < 1.29 is 33.5 Å². The lowest BCUT2D eigenvalue weighted by molar-refractivity contribution is -0.148. The second-order valence-electron chi connectivity index (χ2n) is 15.5. The van der Waals surface area contributed by atoms with Crippen molar-refractivity contribution >= 4 is 35.4 Å². The summed E-state index contributed by atoms with van der Waals surface area (Å²) in [5.74, 6) is -3.76. The van der Waals surface area contributed by atoms with Crippen LogP contribution in [-0.2, 0) is 35.3 Å². The van der Waals surface area contributed by atoms with E-state index in [0.717, 1.165) is 18.4 Å². The number of piperidine rings is 1. The van der Waals surface area contributed by atoms with E-state index in [-0.39, 0.29) is 42.0 Å². The molecule has 4 N–H and O–H groups in total. The number of ether oxygens (including phenoxy) is 1. The van der Waals surface area contributed by atoms with Crippen LogP contribution in [0.2, 0.25) is 0 Å². The van der Waals surface area contributed by atoms with E-state index in [1.165, 1.54) is 0 Å². The van der Waals surface area contributed by atoms with Crippen LogP contribution in [0.5, 0.6) is 0 Å². The summed E-state index contributed by atoms with van der Waals surface area (Å²) in [6.07, 6.45) is 2.78. The second-order valence-corrected chi connectivity index (χ2v) is 15.5. The van der Waals surface area contributed by atoms with Crippen LogP contribution < -0.4 is 16.4 Å². The molecule has 0 aromatic heterocycles. The van der Waals surface area contributed by atoms with Gasteiger partial charge in [0.2, 0.25) is 11.7 Å². The van der Waals surface area contributed by atoms with Gasteiger partial charge in [-0.15, -0.1) is 0 Å². The van der Waals surface area contributed by atoms with Crippen molar-refractivity contribution in [1.29, 1.82) is 0 Å². The number of amides is 4. The average Bonchev–Trinajstić information content (AvgIpc) is 3.87. The fraction of sp³-hybridized carbons (Fsp3) is 0.667. The summed E-state index contributed by atoms with van der Waals surface area (Å²) in [4.78, 5) is 80.9. The largest absolute Gasteiger partial charge is 0.459 e. The normalized spacial score (nSPS) is 23.8. The number of rotatable bonds is 15. The molecule has 4 amide bonds. The summed E-state index contributed by atoms with van der Waals surface area (Å²) in [7, 11) is 0. The number of carbonyl (C=O) groups excluding carboxylic acids is 6. The molecule has 0 bridgehead atoms. The highest BCUT2D eigenvalue weighted by Gasteiger charge is 2.69. The summed E-state index contributed by atoms with van der Waals surface area (Å²) in [6, 6.07) is 5.82. The van der Waals surface area contributed by atoms with Gasteiger partial charge in [0.05, 0.1) is 6.04 Å². The Bertz CT molecular complexity index is 1370. The Morgan fingerprint density at radius 2 is 1.68 bits per heavy atom. The van der Waals surface area contributed by atoms with Crippen LogP contribution in [-0.4, -0.2) is 65.0 Å². The maximum Gasteiger partial charge on any atom is 0.329 e. The highest BCUT2D eigenvalue weighted by Crippen LogP contribution is 2.65. The van der Waals surface area contributed by atoms with Gasteiger partial charge < -0.3 is 26.0 Å². The van der Waals surface area contributed by atoms with E-state index in [4.69, 9.17) is 10.5 Å². The number of carbonyl (C=O) groups is 6. The fourth-order valence-corrected chi connectivity index (χ4v) is 7.10. The minimum atomic E-state index is -1.05. The number of ketones is 2. The van der Waals surface area contributed by atoms with Gasteiger partial charge in [0.25, 0.3) is 5.91 Å². The smallest absolute Gasteiger partial charge is 0.329 e. The lowest BCUT2D eigenvalue weighted by atomic mass is 9.84. The molecular formula is C36H52N4O7. The second kappa shape index (κ2) is 14.2. The van der Waals surface area contributed by atoms with E-state index >= 15 is 0 Å². The van der Waals surface area contributed by atoms with Crippen LogP contribution in [0.1, 0.15) is 86.1 Å². The third-order valence-corrected chi connectivity index (χ3v) is 10.6. The van der Waals surface area contributed by atoms with Crippen molar-refractivity contribution in [2.45, 2.75) is 105 Å². The highest BCUT2D eigenvalue weighted by atomic mass is 16.5. The zero-order valence-corrected chi connectivity index (χ0v) is 28.8. The predicted molar refractivity (Wildman–Crippen MR) is 175 cm³/mol. The number of nitrogens with zero attached hydrogens (tertiary/aromatic N) is 1. The first kappa shape index (κ1) is 36.1. The SMILES string of the molecule is CC[C@H](C)[C@H](NC(=O)N[C@H](C(=O)N1C[C@H]2[C@@H]([C@H]1C(=O)CC(CC1CC1)C(=O)C(N)=O)C2(C)C)C(C)(C)C)C(=O)OCc1ccccc1.